The summed E-state index contributed by atoms with van der Waals surface area (Å²) >= 11 is 0. The Morgan fingerprint density at radius 3 is 2.42 bits per heavy atom. The number of hydrogen-bond donors (Lipinski definition) is 1. The van der Waals surface area contributed by atoms with E-state index in [4.69, 9.17) is 5.73 Å². The molecule has 0 spiro atoms. The van der Waals surface area contributed by atoms with Crippen molar-refractivity contribution in [2.45, 2.75) is 83.2 Å². The third-order valence-electron chi connectivity index (χ3n) is 6.13. The van der Waals surface area contributed by atoms with Gasteiger partial charge in [-0.3, -0.25) is 4.90 Å². The van der Waals surface area contributed by atoms with Crippen LogP contribution in [-0.4, -0.2) is 30.1 Å². The second-order valence-electron chi connectivity index (χ2n) is 7.40. The van der Waals surface area contributed by atoms with Crippen LogP contribution in [0.5, 0.6) is 0 Å². The van der Waals surface area contributed by atoms with Crippen molar-refractivity contribution in [3.8, 4) is 0 Å². The Morgan fingerprint density at radius 2 is 1.74 bits per heavy atom. The molecule has 0 saturated heterocycles. The highest BCUT2D eigenvalue weighted by Gasteiger charge is 2.40. The van der Waals surface area contributed by atoms with Gasteiger partial charge >= 0.3 is 0 Å². The predicted octanol–water partition coefficient (Wildman–Crippen LogP) is 3.79. The Hall–Kier alpha value is -0.0800. The van der Waals surface area contributed by atoms with Crippen LogP contribution in [0.1, 0.15) is 71.6 Å². The zero-order valence-electron chi connectivity index (χ0n) is 13.3. The van der Waals surface area contributed by atoms with Gasteiger partial charge in [0.25, 0.3) is 0 Å². The smallest absolute Gasteiger partial charge is 0.0331 e. The molecule has 0 radical (unpaired) electrons. The van der Waals surface area contributed by atoms with Crippen molar-refractivity contribution in [2.75, 3.05) is 13.6 Å². The molecule has 0 aromatic rings. The van der Waals surface area contributed by atoms with Crippen LogP contribution in [0, 0.1) is 11.8 Å². The molecule has 2 aliphatic carbocycles. The number of nitrogens with zero attached hydrogens (tertiary/aromatic N) is 1. The lowest BCUT2D eigenvalue weighted by molar-refractivity contribution is 0.0206. The molecule has 4 atom stereocenters. The van der Waals surface area contributed by atoms with Crippen molar-refractivity contribution in [1.82, 2.24) is 4.90 Å². The number of nitrogens with two attached hydrogens (primary N) is 1. The molecule has 2 aliphatic rings. The maximum atomic E-state index is 6.26. The van der Waals surface area contributed by atoms with Crippen LogP contribution in [0.15, 0.2) is 0 Å². The lowest BCUT2D eigenvalue weighted by atomic mass is 9.80. The van der Waals surface area contributed by atoms with Gasteiger partial charge in [-0.1, -0.05) is 39.5 Å². The van der Waals surface area contributed by atoms with E-state index in [-0.39, 0.29) is 0 Å². The monoisotopic (exact) mass is 266 g/mol. The van der Waals surface area contributed by atoms with Gasteiger partial charge in [-0.15, -0.1) is 0 Å². The van der Waals surface area contributed by atoms with Crippen molar-refractivity contribution in [2.24, 2.45) is 17.6 Å². The molecule has 2 saturated carbocycles. The zero-order valence-corrected chi connectivity index (χ0v) is 13.3. The van der Waals surface area contributed by atoms with Crippen molar-refractivity contribution < 1.29 is 0 Å². The Kier molecular flexibility index (Phi) is 5.30. The minimum absolute atomic E-state index is 0.293. The molecular weight excluding hydrogens is 232 g/mol. The van der Waals surface area contributed by atoms with Crippen molar-refractivity contribution in [3.63, 3.8) is 0 Å². The maximum absolute atomic E-state index is 6.26. The Labute approximate surface area is 120 Å². The van der Waals surface area contributed by atoms with Gasteiger partial charge in [0.2, 0.25) is 0 Å². The second kappa shape index (κ2) is 6.58. The van der Waals surface area contributed by atoms with Gasteiger partial charge < -0.3 is 5.73 Å². The summed E-state index contributed by atoms with van der Waals surface area (Å²) in [4.78, 5) is 2.72. The Bertz CT molecular complexity index is 278. The highest BCUT2D eigenvalue weighted by Crippen LogP contribution is 2.38. The quantitative estimate of drug-likeness (QED) is 0.787. The molecule has 0 aromatic carbocycles. The van der Waals surface area contributed by atoms with E-state index in [1.54, 1.807) is 0 Å². The van der Waals surface area contributed by atoms with E-state index in [0.29, 0.717) is 5.54 Å². The normalized spacial score (nSPS) is 41.2. The number of hydrogen-bond acceptors (Lipinski definition) is 2. The van der Waals surface area contributed by atoms with E-state index < -0.39 is 0 Å². The Balaban J connectivity index is 2.10. The highest BCUT2D eigenvalue weighted by atomic mass is 15.2. The minimum atomic E-state index is 0.293. The lowest BCUT2D eigenvalue weighted by Crippen LogP contribution is -2.57. The first-order chi connectivity index (χ1) is 9.09. The topological polar surface area (TPSA) is 29.3 Å². The predicted molar refractivity (Wildman–Crippen MR) is 83.2 cm³/mol. The lowest BCUT2D eigenvalue weighted by Gasteiger charge is -2.48. The molecule has 0 bridgehead atoms. The Morgan fingerprint density at radius 1 is 1.00 bits per heavy atom. The molecule has 0 aromatic heterocycles. The number of likely N-dealkylation sites (N-methyl/N-ethyl adjacent to an activating group) is 1. The van der Waals surface area contributed by atoms with E-state index in [0.717, 1.165) is 24.4 Å². The fourth-order valence-corrected chi connectivity index (χ4v) is 4.49. The van der Waals surface area contributed by atoms with E-state index in [1.807, 2.05) is 0 Å². The van der Waals surface area contributed by atoms with E-state index >= 15 is 0 Å². The first-order valence-electron chi connectivity index (χ1n) is 8.52. The van der Waals surface area contributed by atoms with E-state index in [1.165, 1.54) is 57.8 Å². The molecule has 2 fully saturated rings. The van der Waals surface area contributed by atoms with E-state index in [9.17, 15) is 0 Å². The van der Waals surface area contributed by atoms with Crippen LogP contribution in [-0.2, 0) is 0 Å². The van der Waals surface area contributed by atoms with Gasteiger partial charge in [0, 0.05) is 18.1 Å². The molecule has 0 aliphatic heterocycles. The molecule has 0 amide bonds. The van der Waals surface area contributed by atoms with Gasteiger partial charge in [-0.25, -0.2) is 0 Å². The minimum Gasteiger partial charge on any atom is -0.329 e. The van der Waals surface area contributed by atoms with Crippen molar-refractivity contribution >= 4 is 0 Å². The standard InChI is InChI=1S/C17H34N2/c1-14-7-6-11-17(13-18,12-10-14)19(3)16-9-5-4-8-15(16)2/h14-16H,4-13,18H2,1-3H3. The molecule has 2 N–H and O–H groups in total. The molecule has 112 valence electrons. The third kappa shape index (κ3) is 3.33. The SMILES string of the molecule is CC1CCCC(CN)(N(C)C2CCCCC2C)CC1. The molecule has 2 rings (SSSR count). The summed E-state index contributed by atoms with van der Waals surface area (Å²) in [5.74, 6) is 1.74. The summed E-state index contributed by atoms with van der Waals surface area (Å²) < 4.78 is 0. The third-order valence-corrected chi connectivity index (χ3v) is 6.13. The largest absolute Gasteiger partial charge is 0.329 e. The average Bonchev–Trinajstić information content (AvgIpc) is 2.61. The van der Waals surface area contributed by atoms with Gasteiger partial charge in [0.1, 0.15) is 0 Å². The number of rotatable bonds is 3. The fourth-order valence-electron chi connectivity index (χ4n) is 4.49. The van der Waals surface area contributed by atoms with Crippen molar-refractivity contribution in [3.05, 3.63) is 0 Å². The van der Waals surface area contributed by atoms with E-state index in [2.05, 4.69) is 25.8 Å². The summed E-state index contributed by atoms with van der Waals surface area (Å²) in [6.45, 7) is 5.71. The first-order valence-corrected chi connectivity index (χ1v) is 8.52. The molecule has 19 heavy (non-hydrogen) atoms. The molecule has 2 heteroatoms. The molecular formula is C17H34N2. The van der Waals surface area contributed by atoms with Crippen LogP contribution < -0.4 is 5.73 Å². The average molecular weight is 266 g/mol. The molecule has 2 nitrogen and oxygen atoms in total. The second-order valence-corrected chi connectivity index (χ2v) is 7.40. The van der Waals surface area contributed by atoms with Crippen LogP contribution in [0.2, 0.25) is 0 Å². The molecule has 4 unspecified atom stereocenters. The van der Waals surface area contributed by atoms with Gasteiger partial charge in [-0.2, -0.15) is 0 Å². The fraction of sp³-hybridized carbons (Fsp3) is 1.00. The summed E-state index contributed by atoms with van der Waals surface area (Å²) in [6, 6.07) is 0.769. The summed E-state index contributed by atoms with van der Waals surface area (Å²) in [6.07, 6.45) is 12.4. The van der Waals surface area contributed by atoms with Crippen molar-refractivity contribution in [1.29, 1.82) is 0 Å². The summed E-state index contributed by atoms with van der Waals surface area (Å²) in [5.41, 5.74) is 6.56. The summed E-state index contributed by atoms with van der Waals surface area (Å²) in [5, 5.41) is 0. The van der Waals surface area contributed by atoms with Gasteiger partial charge in [0.15, 0.2) is 0 Å². The summed E-state index contributed by atoms with van der Waals surface area (Å²) in [7, 11) is 2.37. The van der Waals surface area contributed by atoms with Crippen LogP contribution in [0.3, 0.4) is 0 Å². The van der Waals surface area contributed by atoms with Gasteiger partial charge in [-0.05, 0) is 51.0 Å². The first kappa shape index (κ1) is 15.3. The van der Waals surface area contributed by atoms with Crippen LogP contribution in [0.4, 0.5) is 0 Å². The van der Waals surface area contributed by atoms with Crippen LogP contribution in [0.25, 0.3) is 0 Å². The highest BCUT2D eigenvalue weighted by molar-refractivity contribution is 4.97. The van der Waals surface area contributed by atoms with Crippen LogP contribution >= 0.6 is 0 Å². The van der Waals surface area contributed by atoms with Gasteiger partial charge in [0.05, 0.1) is 0 Å². The zero-order chi connectivity index (χ0) is 13.9. The maximum Gasteiger partial charge on any atom is 0.0331 e. The molecule has 0 heterocycles.